The Balaban J connectivity index is 2.07. The van der Waals surface area contributed by atoms with Crippen molar-refractivity contribution in [3.63, 3.8) is 0 Å². The zero-order chi connectivity index (χ0) is 30.2. The average Bonchev–Trinajstić information content (AvgIpc) is 3.36. The topological polar surface area (TPSA) is 188 Å². The Hall–Kier alpha value is -4.81. The number of aliphatic carboxylic acids is 1. The Morgan fingerprint density at radius 3 is 2.27 bits per heavy atom. The van der Waals surface area contributed by atoms with Gasteiger partial charge in [-0.25, -0.2) is 14.4 Å². The number of H-pyrrole nitrogens is 1. The molecule has 222 valence electrons. The number of carboxylic acids is 1. The highest BCUT2D eigenvalue weighted by molar-refractivity contribution is 5.93. The van der Waals surface area contributed by atoms with Crippen LogP contribution < -0.4 is 21.3 Å². The summed E-state index contributed by atoms with van der Waals surface area (Å²) in [5.74, 6) is -2.61. The first-order valence-electron chi connectivity index (χ1n) is 13.1. The Morgan fingerprint density at radius 2 is 1.59 bits per heavy atom. The van der Waals surface area contributed by atoms with Gasteiger partial charge in [0, 0.05) is 30.1 Å². The van der Waals surface area contributed by atoms with E-state index in [1.54, 1.807) is 6.20 Å². The van der Waals surface area contributed by atoms with Crippen LogP contribution in [0.2, 0.25) is 0 Å². The van der Waals surface area contributed by atoms with E-state index in [4.69, 9.17) is 9.47 Å². The van der Waals surface area contributed by atoms with Crippen LogP contribution in [-0.4, -0.2) is 77.9 Å². The van der Waals surface area contributed by atoms with Crippen molar-refractivity contribution in [2.75, 3.05) is 19.8 Å². The molecule has 0 fully saturated rings. The Bertz CT molecular complexity index is 1230. The number of rotatable bonds is 17. The van der Waals surface area contributed by atoms with Crippen LogP contribution in [0.25, 0.3) is 10.9 Å². The summed E-state index contributed by atoms with van der Waals surface area (Å²) in [7, 11) is 0. The highest BCUT2D eigenvalue weighted by atomic mass is 16.6. The summed E-state index contributed by atoms with van der Waals surface area (Å²) in [6, 6.07) is 3.97. The van der Waals surface area contributed by atoms with Gasteiger partial charge in [0.15, 0.2) is 0 Å². The van der Waals surface area contributed by atoms with Crippen LogP contribution >= 0.6 is 0 Å². The predicted molar refractivity (Wildman–Crippen MR) is 151 cm³/mol. The molecule has 0 radical (unpaired) electrons. The van der Waals surface area contributed by atoms with E-state index >= 15 is 0 Å². The van der Waals surface area contributed by atoms with Crippen molar-refractivity contribution < 1.29 is 38.6 Å². The van der Waals surface area contributed by atoms with E-state index in [2.05, 4.69) is 39.4 Å². The summed E-state index contributed by atoms with van der Waals surface area (Å²) in [5, 5.41) is 20.6. The normalized spacial score (nSPS) is 12.7. The fraction of sp³-hybridized carbons (Fsp3) is 0.393. The average molecular weight is 572 g/mol. The van der Waals surface area contributed by atoms with E-state index in [9.17, 15) is 29.1 Å². The third-order valence-electron chi connectivity index (χ3n) is 5.93. The minimum absolute atomic E-state index is 0.0438. The molecule has 41 heavy (non-hydrogen) atoms. The molecule has 0 spiro atoms. The van der Waals surface area contributed by atoms with Gasteiger partial charge < -0.3 is 40.8 Å². The maximum absolute atomic E-state index is 13.3. The number of fused-ring (bicyclic) bond motifs is 1. The molecular formula is C28H37N5O8. The number of nitrogens with one attached hydrogen (secondary N) is 5. The quantitative estimate of drug-likeness (QED) is 0.123. The van der Waals surface area contributed by atoms with Crippen LogP contribution in [0.3, 0.4) is 0 Å². The number of unbranched alkanes of at least 4 members (excludes halogenated alkanes) is 1. The van der Waals surface area contributed by atoms with Crippen LogP contribution in [0.15, 0.2) is 55.8 Å². The third kappa shape index (κ3) is 11.1. The van der Waals surface area contributed by atoms with E-state index in [0.29, 0.717) is 12.8 Å². The summed E-state index contributed by atoms with van der Waals surface area (Å²) in [6.07, 6.45) is 4.05. The van der Waals surface area contributed by atoms with Crippen LogP contribution in [0.4, 0.5) is 9.59 Å². The van der Waals surface area contributed by atoms with Gasteiger partial charge in [-0.2, -0.15) is 0 Å². The van der Waals surface area contributed by atoms with Crippen LogP contribution in [0.1, 0.15) is 31.7 Å². The lowest BCUT2D eigenvalue weighted by atomic mass is 10.0. The first kappa shape index (κ1) is 32.4. The molecule has 0 unspecified atom stereocenters. The lowest BCUT2D eigenvalue weighted by Crippen LogP contribution is -2.55. The number of aromatic amines is 1. The molecule has 13 nitrogen and oxygen atoms in total. The van der Waals surface area contributed by atoms with Gasteiger partial charge in [-0.1, -0.05) is 43.5 Å². The molecule has 13 heteroatoms. The SMILES string of the molecule is C=CCOC(=O)NCCCC[C@H](NC(=O)[C@H](Cc1c[nH]c2ccccc12)NC(=O)[C@@H](C)NC(=O)OCC=C)C(=O)O. The van der Waals surface area contributed by atoms with Gasteiger partial charge in [0.25, 0.3) is 0 Å². The van der Waals surface area contributed by atoms with Gasteiger partial charge in [0.1, 0.15) is 31.3 Å². The molecule has 1 heterocycles. The number of alkyl carbamates (subject to hydrolysis) is 2. The van der Waals surface area contributed by atoms with Gasteiger partial charge >= 0.3 is 18.2 Å². The Morgan fingerprint density at radius 1 is 0.927 bits per heavy atom. The molecular weight excluding hydrogens is 534 g/mol. The van der Waals surface area contributed by atoms with E-state index in [0.717, 1.165) is 16.5 Å². The zero-order valence-corrected chi connectivity index (χ0v) is 22.9. The smallest absolute Gasteiger partial charge is 0.408 e. The lowest BCUT2D eigenvalue weighted by molar-refractivity contribution is -0.142. The van der Waals surface area contributed by atoms with Gasteiger partial charge in [0.2, 0.25) is 11.8 Å². The molecule has 0 saturated heterocycles. The molecule has 4 amide bonds. The molecule has 1 aromatic carbocycles. The van der Waals surface area contributed by atoms with E-state index in [1.165, 1.54) is 19.1 Å². The maximum atomic E-state index is 13.3. The molecule has 3 atom stereocenters. The van der Waals surface area contributed by atoms with Crippen LogP contribution in [-0.2, 0) is 30.3 Å². The van der Waals surface area contributed by atoms with Crippen molar-refractivity contribution in [2.45, 2.75) is 50.7 Å². The largest absolute Gasteiger partial charge is 0.480 e. The van der Waals surface area contributed by atoms with Gasteiger partial charge in [0.05, 0.1) is 0 Å². The first-order valence-corrected chi connectivity index (χ1v) is 13.1. The van der Waals surface area contributed by atoms with Gasteiger partial charge in [-0.05, 0) is 37.8 Å². The summed E-state index contributed by atoms with van der Waals surface area (Å²) >= 11 is 0. The fourth-order valence-corrected chi connectivity index (χ4v) is 3.82. The number of carbonyl (C=O) groups excluding carboxylic acids is 4. The number of amides is 4. The number of para-hydroxylation sites is 1. The number of hydrogen-bond acceptors (Lipinski definition) is 7. The molecule has 2 rings (SSSR count). The minimum Gasteiger partial charge on any atom is -0.480 e. The number of carbonyl (C=O) groups is 5. The van der Waals surface area contributed by atoms with Crippen molar-refractivity contribution in [1.82, 2.24) is 26.3 Å². The molecule has 0 bridgehead atoms. The first-order chi connectivity index (χ1) is 19.7. The van der Waals surface area contributed by atoms with Crippen molar-refractivity contribution >= 4 is 40.9 Å². The number of carboxylic acid groups (broad SMARTS) is 1. The van der Waals surface area contributed by atoms with Gasteiger partial charge in [-0.15, -0.1) is 0 Å². The maximum Gasteiger partial charge on any atom is 0.408 e. The summed E-state index contributed by atoms with van der Waals surface area (Å²) in [5.41, 5.74) is 1.56. The molecule has 2 aromatic rings. The predicted octanol–water partition coefficient (Wildman–Crippen LogP) is 2.15. The number of ether oxygens (including phenoxy) is 2. The summed E-state index contributed by atoms with van der Waals surface area (Å²) < 4.78 is 9.63. The molecule has 6 N–H and O–H groups in total. The molecule has 0 aliphatic rings. The van der Waals surface area contributed by atoms with Crippen molar-refractivity contribution in [3.8, 4) is 0 Å². The van der Waals surface area contributed by atoms with Crippen LogP contribution in [0.5, 0.6) is 0 Å². The number of aromatic nitrogens is 1. The minimum atomic E-state index is -1.24. The summed E-state index contributed by atoms with van der Waals surface area (Å²) in [4.78, 5) is 64.5. The monoisotopic (exact) mass is 571 g/mol. The van der Waals surface area contributed by atoms with Gasteiger partial charge in [-0.3, -0.25) is 9.59 Å². The second kappa shape index (κ2) is 17.0. The number of benzene rings is 1. The molecule has 0 aliphatic carbocycles. The highest BCUT2D eigenvalue weighted by Crippen LogP contribution is 2.19. The Labute approximate surface area is 237 Å². The third-order valence-corrected chi connectivity index (χ3v) is 5.93. The van der Waals surface area contributed by atoms with E-state index < -0.39 is 48.1 Å². The van der Waals surface area contributed by atoms with Crippen molar-refractivity contribution in [2.24, 2.45) is 0 Å². The van der Waals surface area contributed by atoms with E-state index in [-0.39, 0.29) is 32.6 Å². The summed E-state index contributed by atoms with van der Waals surface area (Å²) in [6.45, 7) is 8.61. The second-order valence-corrected chi connectivity index (χ2v) is 9.09. The fourth-order valence-electron chi connectivity index (χ4n) is 3.82. The lowest BCUT2D eigenvalue weighted by Gasteiger charge is -2.23. The molecule has 0 saturated carbocycles. The van der Waals surface area contributed by atoms with E-state index in [1.807, 2.05) is 24.3 Å². The number of hydrogen-bond donors (Lipinski definition) is 6. The van der Waals surface area contributed by atoms with Crippen LogP contribution in [0, 0.1) is 0 Å². The molecule has 0 aliphatic heterocycles. The second-order valence-electron chi connectivity index (χ2n) is 9.09. The van der Waals surface area contributed by atoms with Crippen molar-refractivity contribution in [1.29, 1.82) is 0 Å². The van der Waals surface area contributed by atoms with Crippen molar-refractivity contribution in [3.05, 3.63) is 61.3 Å². The standard InChI is InChI=1S/C28H37N5O8/c1-4-14-40-27(38)29-13-9-8-12-22(26(36)37)32-25(35)23(16-19-17-30-21-11-7-6-10-20(19)21)33-24(34)18(3)31-28(39)41-15-5-2/h4-7,10-11,17-18,22-23,30H,1-2,8-9,12-16H2,3H3,(H,29,38)(H,31,39)(H,32,35)(H,33,34)(H,36,37)/t18-,22+,23+/m1/s1. The highest BCUT2D eigenvalue weighted by Gasteiger charge is 2.29. The zero-order valence-electron chi connectivity index (χ0n) is 22.9. The molecule has 1 aromatic heterocycles. The Kier molecular flexibility index (Phi) is 13.4.